The maximum absolute atomic E-state index is 16.1. The molecule has 1 unspecified atom stereocenters. The number of sulfonamides is 2. The van der Waals surface area contributed by atoms with Crippen LogP contribution in [0.25, 0.3) is 0 Å². The molecule has 38 heavy (non-hydrogen) atoms. The van der Waals surface area contributed by atoms with Gasteiger partial charge in [-0.15, -0.1) is 0 Å². The van der Waals surface area contributed by atoms with E-state index in [2.05, 4.69) is 0 Å². The molecule has 1 heterocycles. The van der Waals surface area contributed by atoms with Crippen LogP contribution in [-0.2, 0) is 20.0 Å². The Balaban J connectivity index is 2.29. The number of nitrogens with one attached hydrogen (secondary N) is 1. The van der Waals surface area contributed by atoms with Gasteiger partial charge in [0.25, 0.3) is 10.0 Å². The van der Waals surface area contributed by atoms with Crippen molar-refractivity contribution in [1.82, 2.24) is 4.13 Å². The second-order valence-electron chi connectivity index (χ2n) is 9.43. The smallest absolute Gasteiger partial charge is 0.486 e. The minimum atomic E-state index is -6.48. The van der Waals surface area contributed by atoms with E-state index in [0.717, 1.165) is 6.42 Å². The van der Waals surface area contributed by atoms with Gasteiger partial charge in [-0.2, -0.15) is 13.2 Å². The Hall–Kier alpha value is -2.13. The van der Waals surface area contributed by atoms with Crippen molar-refractivity contribution in [1.29, 1.82) is 0 Å². The number of nitrogens with zero attached hydrogens (tertiary/aromatic N) is 1. The molecule has 1 aromatic carbocycles. The van der Waals surface area contributed by atoms with E-state index < -0.39 is 71.5 Å². The zero-order chi connectivity index (χ0) is 28.3. The van der Waals surface area contributed by atoms with Crippen LogP contribution >= 0.6 is 0 Å². The summed E-state index contributed by atoms with van der Waals surface area (Å²) in [6.07, 6.45) is 6.48. The fourth-order valence-corrected chi connectivity index (χ4v) is 6.97. The van der Waals surface area contributed by atoms with Crippen molar-refractivity contribution in [2.75, 3.05) is 18.0 Å². The van der Waals surface area contributed by atoms with E-state index in [4.69, 9.17) is 9.47 Å². The van der Waals surface area contributed by atoms with Gasteiger partial charge >= 0.3 is 15.5 Å². The number of piperidine rings is 1. The van der Waals surface area contributed by atoms with E-state index in [9.17, 15) is 30.0 Å². The highest BCUT2D eigenvalue weighted by Gasteiger charge is 2.50. The molecule has 1 aromatic rings. The Morgan fingerprint density at radius 3 is 2.13 bits per heavy atom. The number of hydrogen-bond donors (Lipinski definition) is 1. The zero-order valence-electron chi connectivity index (χ0n) is 21.0. The minimum absolute atomic E-state index is 0.232. The minimum Gasteiger partial charge on any atom is -0.486 e. The number of rotatable bonds is 8. The number of alkyl halides is 3. The molecule has 216 valence electrons. The molecule has 0 bridgehead atoms. The van der Waals surface area contributed by atoms with Crippen LogP contribution in [0.3, 0.4) is 0 Å². The lowest BCUT2D eigenvalue weighted by Crippen LogP contribution is -2.41. The Labute approximate surface area is 219 Å². The maximum Gasteiger partial charge on any atom is 0.512 e. The number of ether oxygens (including phenoxy) is 2. The topological polar surface area (TPSA) is 102 Å². The lowest BCUT2D eigenvalue weighted by Gasteiger charge is -2.32. The van der Waals surface area contributed by atoms with Crippen molar-refractivity contribution >= 4 is 25.7 Å². The van der Waals surface area contributed by atoms with E-state index in [1.54, 1.807) is 0 Å². The van der Waals surface area contributed by atoms with E-state index in [1.165, 1.54) is 18.7 Å². The normalized spacial score (nSPS) is 20.6. The van der Waals surface area contributed by atoms with E-state index >= 15 is 8.78 Å². The average Bonchev–Trinajstić information content (AvgIpc) is 2.77. The maximum atomic E-state index is 16.1. The molecule has 1 N–H and O–H groups in total. The summed E-state index contributed by atoms with van der Waals surface area (Å²) in [5, 5.41) is 0. The highest BCUT2D eigenvalue weighted by Crippen LogP contribution is 2.46. The molecule has 0 radical (unpaired) electrons. The molecule has 1 fully saturated rings. The Morgan fingerprint density at radius 1 is 0.921 bits per heavy atom. The molecule has 0 saturated carbocycles. The molecule has 1 atom stereocenters. The average molecular weight is 591 g/mol. The van der Waals surface area contributed by atoms with Gasteiger partial charge in [0, 0.05) is 13.1 Å². The first-order chi connectivity index (χ1) is 17.7. The van der Waals surface area contributed by atoms with Gasteiger partial charge in [-0.05, 0) is 65.2 Å². The first kappa shape index (κ1) is 30.4. The van der Waals surface area contributed by atoms with Crippen molar-refractivity contribution in [3.63, 3.8) is 0 Å². The van der Waals surface area contributed by atoms with Gasteiger partial charge in [-0.1, -0.05) is 16.3 Å². The number of hydrogen-bond acceptors (Lipinski definition) is 7. The van der Waals surface area contributed by atoms with Crippen LogP contribution in [0.15, 0.2) is 17.0 Å². The molecule has 15 heteroatoms. The van der Waals surface area contributed by atoms with Gasteiger partial charge in [-0.3, -0.25) is 0 Å². The van der Waals surface area contributed by atoms with Gasteiger partial charge in [0.05, 0.1) is 12.2 Å². The first-order valence-electron chi connectivity index (χ1n) is 12.3. The summed E-state index contributed by atoms with van der Waals surface area (Å²) in [6, 6.07) is 0. The molecular formula is C23H31F5N2O6S2. The molecule has 0 spiro atoms. The predicted octanol–water partition coefficient (Wildman–Crippen LogP) is 5.14. The van der Waals surface area contributed by atoms with Crippen molar-refractivity contribution in [3.05, 3.63) is 23.8 Å². The zero-order valence-corrected chi connectivity index (χ0v) is 22.6. The predicted molar refractivity (Wildman–Crippen MR) is 130 cm³/mol. The standard InChI is InChI=1S/C23H31F5N2O6S2/c1-15(2)35-20-17(24)19(30-13-9-6-10-14-30)18(25)21(36-16-11-7-4-3-5-8-12-16)22(20)37(31,32)29-38(33,34)23(26,27)28/h3-4,15-16,29H,5-14H2,1-2H3/b4-3-. The second-order valence-corrected chi connectivity index (χ2v) is 13.0. The molecule has 1 saturated heterocycles. The Morgan fingerprint density at radius 2 is 1.53 bits per heavy atom. The summed E-state index contributed by atoms with van der Waals surface area (Å²) in [4.78, 5) is -0.127. The highest BCUT2D eigenvalue weighted by atomic mass is 32.3. The fourth-order valence-electron chi connectivity index (χ4n) is 4.34. The van der Waals surface area contributed by atoms with Crippen molar-refractivity contribution in [2.24, 2.45) is 0 Å². The SMILES string of the molecule is CC(C)Oc1c(F)c(N2CCCCC2)c(F)c(OC2CC/C=C\CCC2)c1S(=O)(=O)NS(=O)(=O)C(F)(F)F. The third-order valence-electron chi connectivity index (χ3n) is 6.05. The van der Waals surface area contributed by atoms with Crippen LogP contribution in [0, 0.1) is 11.6 Å². The fraction of sp³-hybridized carbons (Fsp3) is 0.652. The summed E-state index contributed by atoms with van der Waals surface area (Å²) in [6.45, 7) is 3.24. The van der Waals surface area contributed by atoms with Crippen LogP contribution in [0.4, 0.5) is 27.6 Å². The summed E-state index contributed by atoms with van der Waals surface area (Å²) in [5.74, 6) is -5.13. The van der Waals surface area contributed by atoms with E-state index in [1.807, 2.05) is 12.2 Å². The van der Waals surface area contributed by atoms with E-state index in [0.29, 0.717) is 49.1 Å². The first-order valence-corrected chi connectivity index (χ1v) is 15.3. The molecule has 3 rings (SSSR count). The molecule has 2 aliphatic rings. The third-order valence-corrected chi connectivity index (χ3v) is 9.32. The quantitative estimate of drug-likeness (QED) is 0.331. The summed E-state index contributed by atoms with van der Waals surface area (Å²) >= 11 is 0. The van der Waals surface area contributed by atoms with Gasteiger partial charge in [-0.25, -0.2) is 25.6 Å². The van der Waals surface area contributed by atoms with Gasteiger partial charge in [0.15, 0.2) is 28.0 Å². The summed E-state index contributed by atoms with van der Waals surface area (Å²) in [7, 11) is -12.3. The highest BCUT2D eigenvalue weighted by molar-refractivity contribution is 8.05. The molecule has 8 nitrogen and oxygen atoms in total. The van der Waals surface area contributed by atoms with Crippen LogP contribution in [0.5, 0.6) is 11.5 Å². The summed E-state index contributed by atoms with van der Waals surface area (Å²) < 4.78 is 133. The number of halogens is 5. The van der Waals surface area contributed by atoms with Gasteiger partial charge in [0.2, 0.25) is 0 Å². The monoisotopic (exact) mass is 590 g/mol. The molecule has 1 aliphatic carbocycles. The molecule has 0 amide bonds. The van der Waals surface area contributed by atoms with Crippen molar-refractivity contribution in [2.45, 2.75) is 87.8 Å². The Bertz CT molecular complexity index is 1240. The van der Waals surface area contributed by atoms with Crippen molar-refractivity contribution < 1.29 is 48.3 Å². The second kappa shape index (κ2) is 11.9. The van der Waals surface area contributed by atoms with Crippen molar-refractivity contribution in [3.8, 4) is 11.5 Å². The largest absolute Gasteiger partial charge is 0.512 e. The van der Waals surface area contributed by atoms with Crippen LogP contribution < -0.4 is 18.5 Å². The van der Waals surface area contributed by atoms with Gasteiger partial charge < -0.3 is 14.4 Å². The van der Waals surface area contributed by atoms with Crippen LogP contribution in [-0.4, -0.2) is 47.6 Å². The molecule has 1 aliphatic heterocycles. The summed E-state index contributed by atoms with van der Waals surface area (Å²) in [5.41, 5.74) is -6.66. The lowest BCUT2D eigenvalue weighted by atomic mass is 10.0. The van der Waals surface area contributed by atoms with Gasteiger partial charge in [0.1, 0.15) is 5.69 Å². The van der Waals surface area contributed by atoms with Crippen LogP contribution in [0.2, 0.25) is 0 Å². The number of anilines is 1. The number of benzene rings is 1. The van der Waals surface area contributed by atoms with E-state index in [-0.39, 0.29) is 13.1 Å². The Kier molecular flexibility index (Phi) is 9.56. The molecule has 0 aromatic heterocycles. The number of allylic oxidation sites excluding steroid dienone is 2. The van der Waals surface area contributed by atoms with Crippen LogP contribution in [0.1, 0.15) is 65.2 Å². The lowest BCUT2D eigenvalue weighted by molar-refractivity contribution is -0.0441. The third kappa shape index (κ3) is 6.89. The molecular weight excluding hydrogens is 559 g/mol.